The van der Waals surface area contributed by atoms with Crippen molar-refractivity contribution < 1.29 is 29.3 Å². The third kappa shape index (κ3) is 5.98. The van der Waals surface area contributed by atoms with Crippen LogP contribution in [0.2, 0.25) is 0 Å². The molecular formula is C26H31N3O6. The Morgan fingerprint density at radius 2 is 1.60 bits per heavy atom. The third-order valence-corrected chi connectivity index (χ3v) is 6.67. The Hall–Kier alpha value is -3.43. The Morgan fingerprint density at radius 1 is 1.00 bits per heavy atom. The van der Waals surface area contributed by atoms with Gasteiger partial charge in [-0.15, -0.1) is 0 Å². The molecule has 1 atom stereocenters. The van der Waals surface area contributed by atoms with Gasteiger partial charge in [0.15, 0.2) is 0 Å². The number of aliphatic carboxylic acids is 1. The van der Waals surface area contributed by atoms with Gasteiger partial charge in [-0.2, -0.15) is 0 Å². The summed E-state index contributed by atoms with van der Waals surface area (Å²) in [4.78, 5) is 37.7. The van der Waals surface area contributed by atoms with Crippen molar-refractivity contribution in [2.45, 2.75) is 37.3 Å². The van der Waals surface area contributed by atoms with Gasteiger partial charge in [-0.05, 0) is 35.1 Å². The van der Waals surface area contributed by atoms with Gasteiger partial charge in [0.05, 0.1) is 6.54 Å². The molecule has 0 radical (unpaired) electrons. The van der Waals surface area contributed by atoms with E-state index in [1.807, 2.05) is 29.2 Å². The maximum Gasteiger partial charge on any atom is 0.407 e. The SMILES string of the molecule is O=C(CN1CCC(NC(=O)OCC2c3ccccc3-c3ccccc32)CC1)NC(CCO)C(=O)O. The molecule has 2 aromatic rings. The largest absolute Gasteiger partial charge is 0.480 e. The van der Waals surface area contributed by atoms with Crippen molar-refractivity contribution in [2.75, 3.05) is 32.8 Å². The summed E-state index contributed by atoms with van der Waals surface area (Å²) < 4.78 is 5.62. The van der Waals surface area contributed by atoms with Gasteiger partial charge in [0.1, 0.15) is 12.6 Å². The Labute approximate surface area is 204 Å². The number of aliphatic hydroxyl groups excluding tert-OH is 1. The molecule has 0 saturated carbocycles. The van der Waals surface area contributed by atoms with Crippen LogP contribution in [0.1, 0.15) is 36.3 Å². The van der Waals surface area contributed by atoms with Crippen molar-refractivity contribution in [1.29, 1.82) is 0 Å². The fourth-order valence-electron chi connectivity index (χ4n) is 4.87. The van der Waals surface area contributed by atoms with Crippen molar-refractivity contribution in [3.8, 4) is 11.1 Å². The summed E-state index contributed by atoms with van der Waals surface area (Å²) >= 11 is 0. The van der Waals surface area contributed by atoms with Gasteiger partial charge < -0.3 is 25.6 Å². The Bertz CT molecular complexity index is 1020. The van der Waals surface area contributed by atoms with Crippen LogP contribution in [0.3, 0.4) is 0 Å². The van der Waals surface area contributed by atoms with E-state index in [9.17, 15) is 14.4 Å². The zero-order valence-corrected chi connectivity index (χ0v) is 19.5. The number of hydrogen-bond donors (Lipinski definition) is 4. The van der Waals surface area contributed by atoms with Gasteiger partial charge in [-0.25, -0.2) is 9.59 Å². The highest BCUT2D eigenvalue weighted by Crippen LogP contribution is 2.44. The quantitative estimate of drug-likeness (QED) is 0.431. The Morgan fingerprint density at radius 3 is 2.17 bits per heavy atom. The average Bonchev–Trinajstić information content (AvgIpc) is 3.17. The number of fused-ring (bicyclic) bond motifs is 3. The number of nitrogens with zero attached hydrogens (tertiary/aromatic N) is 1. The van der Waals surface area contributed by atoms with Crippen LogP contribution in [0.25, 0.3) is 11.1 Å². The first kappa shape index (κ1) is 24.7. The van der Waals surface area contributed by atoms with Gasteiger partial charge in [0.2, 0.25) is 5.91 Å². The molecule has 1 aliphatic carbocycles. The van der Waals surface area contributed by atoms with E-state index in [0.29, 0.717) is 25.9 Å². The zero-order valence-electron chi connectivity index (χ0n) is 19.5. The molecule has 4 N–H and O–H groups in total. The fourth-order valence-corrected chi connectivity index (χ4v) is 4.87. The van der Waals surface area contributed by atoms with Crippen LogP contribution >= 0.6 is 0 Å². The van der Waals surface area contributed by atoms with Crippen molar-refractivity contribution >= 4 is 18.0 Å². The second-order valence-corrected chi connectivity index (χ2v) is 8.99. The molecule has 4 rings (SSSR count). The average molecular weight is 482 g/mol. The second kappa shape index (κ2) is 11.3. The van der Waals surface area contributed by atoms with Crippen LogP contribution in [0, 0.1) is 0 Å². The van der Waals surface area contributed by atoms with Gasteiger partial charge in [0, 0.05) is 38.1 Å². The minimum atomic E-state index is -1.17. The molecule has 1 saturated heterocycles. The summed E-state index contributed by atoms with van der Waals surface area (Å²) in [6.45, 7) is 1.22. The predicted octanol–water partition coefficient (Wildman–Crippen LogP) is 1.94. The lowest BCUT2D eigenvalue weighted by Crippen LogP contribution is -2.50. The minimum Gasteiger partial charge on any atom is -0.480 e. The molecule has 2 amide bonds. The number of carboxylic acids is 1. The van der Waals surface area contributed by atoms with Crippen LogP contribution in [0.4, 0.5) is 4.79 Å². The molecule has 1 fully saturated rings. The summed E-state index contributed by atoms with van der Waals surface area (Å²) in [5.41, 5.74) is 4.69. The molecule has 9 heteroatoms. The van der Waals surface area contributed by atoms with E-state index in [1.165, 1.54) is 11.1 Å². The lowest BCUT2D eigenvalue weighted by Gasteiger charge is -2.32. The number of rotatable bonds is 9. The zero-order chi connectivity index (χ0) is 24.8. The Kier molecular flexibility index (Phi) is 7.99. The number of nitrogens with one attached hydrogen (secondary N) is 2. The molecule has 2 aromatic carbocycles. The first-order valence-corrected chi connectivity index (χ1v) is 11.9. The number of amides is 2. The first-order valence-electron chi connectivity index (χ1n) is 11.9. The number of ether oxygens (including phenoxy) is 1. The molecule has 0 bridgehead atoms. The number of hydrogen-bond acceptors (Lipinski definition) is 6. The highest BCUT2D eigenvalue weighted by atomic mass is 16.5. The van der Waals surface area contributed by atoms with E-state index in [0.717, 1.165) is 11.1 Å². The van der Waals surface area contributed by atoms with E-state index in [2.05, 4.69) is 34.9 Å². The number of carbonyl (C=O) groups is 3. The maximum atomic E-state index is 12.5. The van der Waals surface area contributed by atoms with Crippen molar-refractivity contribution in [2.24, 2.45) is 0 Å². The topological polar surface area (TPSA) is 128 Å². The van der Waals surface area contributed by atoms with Crippen LogP contribution in [0.5, 0.6) is 0 Å². The van der Waals surface area contributed by atoms with Crippen LogP contribution in [0.15, 0.2) is 48.5 Å². The second-order valence-electron chi connectivity index (χ2n) is 8.99. The number of benzene rings is 2. The highest BCUT2D eigenvalue weighted by Gasteiger charge is 2.30. The normalized spacial score (nSPS) is 16.7. The molecule has 186 valence electrons. The van der Waals surface area contributed by atoms with E-state index in [1.54, 1.807) is 0 Å². The van der Waals surface area contributed by atoms with Crippen LogP contribution in [-0.4, -0.2) is 78.0 Å². The first-order chi connectivity index (χ1) is 17.0. The van der Waals surface area contributed by atoms with E-state index in [4.69, 9.17) is 14.9 Å². The Balaban J connectivity index is 1.22. The van der Waals surface area contributed by atoms with Gasteiger partial charge in [-0.3, -0.25) is 9.69 Å². The molecule has 1 heterocycles. The lowest BCUT2D eigenvalue weighted by molar-refractivity contribution is -0.142. The third-order valence-electron chi connectivity index (χ3n) is 6.67. The molecule has 35 heavy (non-hydrogen) atoms. The number of alkyl carbamates (subject to hydrolysis) is 1. The predicted molar refractivity (Wildman–Crippen MR) is 129 cm³/mol. The van der Waals surface area contributed by atoms with Crippen molar-refractivity contribution in [3.05, 3.63) is 59.7 Å². The lowest BCUT2D eigenvalue weighted by atomic mass is 9.98. The summed E-state index contributed by atoms with van der Waals surface area (Å²) in [5, 5.41) is 23.4. The molecule has 2 aliphatic rings. The molecular weight excluding hydrogens is 450 g/mol. The number of likely N-dealkylation sites (tertiary alicyclic amines) is 1. The monoisotopic (exact) mass is 481 g/mol. The van der Waals surface area contributed by atoms with Gasteiger partial charge in [-0.1, -0.05) is 48.5 Å². The van der Waals surface area contributed by atoms with E-state index >= 15 is 0 Å². The molecule has 1 aliphatic heterocycles. The number of aliphatic hydroxyl groups is 1. The van der Waals surface area contributed by atoms with Gasteiger partial charge in [0.25, 0.3) is 0 Å². The molecule has 0 spiro atoms. The molecule has 1 unspecified atom stereocenters. The highest BCUT2D eigenvalue weighted by molar-refractivity contribution is 5.84. The molecule has 9 nitrogen and oxygen atoms in total. The maximum absolute atomic E-state index is 12.5. The van der Waals surface area contributed by atoms with Crippen LogP contribution in [-0.2, 0) is 14.3 Å². The fraction of sp³-hybridized carbons (Fsp3) is 0.423. The van der Waals surface area contributed by atoms with E-state index < -0.39 is 24.0 Å². The standard InChI is InChI=1S/C26H31N3O6/c30-14-11-23(25(32)33)28-24(31)15-29-12-9-17(10-13-29)27-26(34)35-16-22-20-7-3-1-5-18(20)19-6-2-4-8-21(19)22/h1-8,17,22-23,30H,9-16H2,(H,27,34)(H,28,31)(H,32,33). The molecule has 0 aromatic heterocycles. The summed E-state index contributed by atoms with van der Waals surface area (Å²) in [6, 6.07) is 15.2. The van der Waals surface area contributed by atoms with Crippen LogP contribution < -0.4 is 10.6 Å². The summed E-state index contributed by atoms with van der Waals surface area (Å²) in [7, 11) is 0. The van der Waals surface area contributed by atoms with Gasteiger partial charge >= 0.3 is 12.1 Å². The number of piperidine rings is 1. The van der Waals surface area contributed by atoms with Crippen molar-refractivity contribution in [1.82, 2.24) is 15.5 Å². The van der Waals surface area contributed by atoms with Crippen molar-refractivity contribution in [3.63, 3.8) is 0 Å². The number of carbonyl (C=O) groups excluding carboxylic acids is 2. The number of carboxylic acid groups (broad SMARTS) is 1. The smallest absolute Gasteiger partial charge is 0.407 e. The van der Waals surface area contributed by atoms with E-state index in [-0.39, 0.29) is 38.1 Å². The minimum absolute atomic E-state index is 0.00831. The summed E-state index contributed by atoms with van der Waals surface area (Å²) in [5.74, 6) is -1.55. The summed E-state index contributed by atoms with van der Waals surface area (Å²) in [6.07, 6.45) is 0.844.